The van der Waals surface area contributed by atoms with Crippen molar-refractivity contribution < 1.29 is 9.26 Å². The summed E-state index contributed by atoms with van der Waals surface area (Å²) in [5, 5.41) is 3.96. The molecule has 134 valence electrons. The van der Waals surface area contributed by atoms with Crippen LogP contribution in [0.15, 0.2) is 35.4 Å². The van der Waals surface area contributed by atoms with E-state index < -0.39 is 0 Å². The summed E-state index contributed by atoms with van der Waals surface area (Å²) in [6.07, 6.45) is 6.22. The Kier molecular flexibility index (Phi) is 5.87. The van der Waals surface area contributed by atoms with Gasteiger partial charge in [-0.1, -0.05) is 29.8 Å². The fourth-order valence-electron chi connectivity index (χ4n) is 3.49. The SMILES string of the molecule is C=CCc1cc(CN2CCCCC2c2nc(C)no2)ccc1OCC. The molecule has 2 aromatic rings. The van der Waals surface area contributed by atoms with Gasteiger partial charge in [-0.15, -0.1) is 6.58 Å². The number of rotatable bonds is 7. The molecule has 1 saturated heterocycles. The summed E-state index contributed by atoms with van der Waals surface area (Å²) in [7, 11) is 0. The molecule has 1 fully saturated rings. The van der Waals surface area contributed by atoms with Gasteiger partial charge in [0.2, 0.25) is 5.89 Å². The highest BCUT2D eigenvalue weighted by atomic mass is 16.5. The van der Waals surface area contributed by atoms with Crippen molar-refractivity contribution in [3.8, 4) is 5.75 Å². The van der Waals surface area contributed by atoms with Gasteiger partial charge in [0, 0.05) is 6.54 Å². The molecule has 2 heterocycles. The Morgan fingerprint density at radius 3 is 3.00 bits per heavy atom. The van der Waals surface area contributed by atoms with Gasteiger partial charge in [-0.25, -0.2) is 0 Å². The topological polar surface area (TPSA) is 51.4 Å². The zero-order chi connectivity index (χ0) is 17.6. The van der Waals surface area contributed by atoms with E-state index in [4.69, 9.17) is 9.26 Å². The summed E-state index contributed by atoms with van der Waals surface area (Å²) in [5.41, 5.74) is 2.47. The van der Waals surface area contributed by atoms with Crippen LogP contribution in [0.5, 0.6) is 5.75 Å². The third kappa shape index (κ3) is 4.28. The molecule has 1 aromatic carbocycles. The molecule has 1 aromatic heterocycles. The van der Waals surface area contributed by atoms with E-state index >= 15 is 0 Å². The van der Waals surface area contributed by atoms with E-state index in [-0.39, 0.29) is 6.04 Å². The fourth-order valence-corrected chi connectivity index (χ4v) is 3.49. The molecule has 5 nitrogen and oxygen atoms in total. The van der Waals surface area contributed by atoms with Crippen LogP contribution >= 0.6 is 0 Å². The van der Waals surface area contributed by atoms with Crippen LogP contribution in [0.2, 0.25) is 0 Å². The van der Waals surface area contributed by atoms with Crippen LogP contribution in [0.4, 0.5) is 0 Å². The number of piperidine rings is 1. The summed E-state index contributed by atoms with van der Waals surface area (Å²) in [5.74, 6) is 2.40. The normalized spacial score (nSPS) is 18.2. The number of allylic oxidation sites excluding steroid dienone is 1. The molecule has 0 spiro atoms. The maximum atomic E-state index is 5.73. The van der Waals surface area contributed by atoms with E-state index in [1.54, 1.807) is 0 Å². The van der Waals surface area contributed by atoms with Crippen molar-refractivity contribution in [3.63, 3.8) is 0 Å². The molecule has 25 heavy (non-hydrogen) atoms. The first-order valence-electron chi connectivity index (χ1n) is 9.11. The third-order valence-corrected chi connectivity index (χ3v) is 4.62. The van der Waals surface area contributed by atoms with Gasteiger partial charge in [0.25, 0.3) is 0 Å². The molecule has 0 N–H and O–H groups in total. The minimum Gasteiger partial charge on any atom is -0.494 e. The number of likely N-dealkylation sites (tertiary alicyclic amines) is 1. The van der Waals surface area contributed by atoms with Crippen LogP contribution in [0, 0.1) is 6.92 Å². The molecular formula is C20H27N3O2. The molecule has 1 unspecified atom stereocenters. The summed E-state index contributed by atoms with van der Waals surface area (Å²) >= 11 is 0. The van der Waals surface area contributed by atoms with E-state index in [1.165, 1.54) is 24.0 Å². The smallest absolute Gasteiger partial charge is 0.243 e. The van der Waals surface area contributed by atoms with E-state index in [0.29, 0.717) is 12.4 Å². The molecule has 1 atom stereocenters. The summed E-state index contributed by atoms with van der Waals surface area (Å²) in [6.45, 7) is 10.3. The van der Waals surface area contributed by atoms with Crippen LogP contribution in [-0.2, 0) is 13.0 Å². The standard InChI is InChI=1S/C20H27N3O2/c1-4-8-17-13-16(10-11-19(17)24-5-2)14-23-12-7-6-9-18(23)20-21-15(3)22-25-20/h4,10-11,13,18H,1,5-9,12,14H2,2-3H3. The Hall–Kier alpha value is -2.14. The molecule has 0 bridgehead atoms. The third-order valence-electron chi connectivity index (χ3n) is 4.62. The minimum atomic E-state index is 0.212. The predicted octanol–water partition coefficient (Wildman–Crippen LogP) is 4.23. The lowest BCUT2D eigenvalue weighted by molar-refractivity contribution is 0.111. The van der Waals surface area contributed by atoms with E-state index in [1.807, 2.05) is 19.9 Å². The summed E-state index contributed by atoms with van der Waals surface area (Å²) in [4.78, 5) is 6.91. The highest BCUT2D eigenvalue weighted by Gasteiger charge is 2.28. The van der Waals surface area contributed by atoms with Gasteiger partial charge < -0.3 is 9.26 Å². The molecule has 3 rings (SSSR count). The zero-order valence-corrected chi connectivity index (χ0v) is 15.2. The average Bonchev–Trinajstić information content (AvgIpc) is 3.04. The molecule has 0 amide bonds. The monoisotopic (exact) mass is 341 g/mol. The Morgan fingerprint density at radius 1 is 1.40 bits per heavy atom. The number of hydrogen-bond acceptors (Lipinski definition) is 5. The number of hydrogen-bond donors (Lipinski definition) is 0. The molecular weight excluding hydrogens is 314 g/mol. The molecule has 0 saturated carbocycles. The van der Waals surface area contributed by atoms with Crippen molar-refractivity contribution in [2.45, 2.75) is 52.1 Å². The first-order valence-corrected chi connectivity index (χ1v) is 9.11. The molecule has 1 aliphatic rings. The first kappa shape index (κ1) is 17.7. The Morgan fingerprint density at radius 2 is 2.28 bits per heavy atom. The van der Waals surface area contributed by atoms with Gasteiger partial charge in [-0.2, -0.15) is 4.98 Å². The lowest BCUT2D eigenvalue weighted by Gasteiger charge is -2.33. The molecule has 0 radical (unpaired) electrons. The lowest BCUT2D eigenvalue weighted by Crippen LogP contribution is -2.33. The Bertz CT molecular complexity index is 711. The lowest BCUT2D eigenvalue weighted by atomic mass is 10.00. The van der Waals surface area contributed by atoms with Gasteiger partial charge in [-0.05, 0) is 56.8 Å². The van der Waals surface area contributed by atoms with E-state index in [0.717, 1.165) is 37.6 Å². The highest BCUT2D eigenvalue weighted by Crippen LogP contribution is 2.32. The number of nitrogens with zero attached hydrogens (tertiary/aromatic N) is 3. The van der Waals surface area contributed by atoms with Crippen molar-refractivity contribution in [1.29, 1.82) is 0 Å². The molecule has 5 heteroatoms. The van der Waals surface area contributed by atoms with Crippen LogP contribution in [-0.4, -0.2) is 28.2 Å². The zero-order valence-electron chi connectivity index (χ0n) is 15.2. The Balaban J connectivity index is 1.79. The Labute approximate surface area is 149 Å². The quantitative estimate of drug-likeness (QED) is 0.705. The second-order valence-electron chi connectivity index (χ2n) is 6.53. The van der Waals surface area contributed by atoms with Crippen molar-refractivity contribution in [2.24, 2.45) is 0 Å². The van der Waals surface area contributed by atoms with Crippen LogP contribution in [0.1, 0.15) is 55.1 Å². The largest absolute Gasteiger partial charge is 0.494 e. The van der Waals surface area contributed by atoms with Crippen molar-refractivity contribution >= 4 is 0 Å². The van der Waals surface area contributed by atoms with E-state index in [2.05, 4.69) is 39.8 Å². The van der Waals surface area contributed by atoms with Crippen LogP contribution in [0.3, 0.4) is 0 Å². The second kappa shape index (κ2) is 8.30. The predicted molar refractivity (Wildman–Crippen MR) is 97.5 cm³/mol. The van der Waals surface area contributed by atoms with Gasteiger partial charge in [-0.3, -0.25) is 4.90 Å². The second-order valence-corrected chi connectivity index (χ2v) is 6.53. The first-order chi connectivity index (χ1) is 12.2. The minimum absolute atomic E-state index is 0.212. The number of aromatic nitrogens is 2. The number of ether oxygens (including phenoxy) is 1. The number of aryl methyl sites for hydroxylation is 1. The molecule has 0 aliphatic carbocycles. The average molecular weight is 341 g/mol. The van der Waals surface area contributed by atoms with Crippen molar-refractivity contribution in [3.05, 3.63) is 53.7 Å². The van der Waals surface area contributed by atoms with Crippen molar-refractivity contribution in [2.75, 3.05) is 13.2 Å². The van der Waals surface area contributed by atoms with Gasteiger partial charge in [0.15, 0.2) is 5.82 Å². The maximum absolute atomic E-state index is 5.73. The van der Waals surface area contributed by atoms with Gasteiger partial charge in [0.1, 0.15) is 5.75 Å². The molecule has 1 aliphatic heterocycles. The maximum Gasteiger partial charge on any atom is 0.243 e. The summed E-state index contributed by atoms with van der Waals surface area (Å²) < 4.78 is 11.2. The van der Waals surface area contributed by atoms with Crippen LogP contribution < -0.4 is 4.74 Å². The number of benzene rings is 1. The van der Waals surface area contributed by atoms with E-state index in [9.17, 15) is 0 Å². The highest BCUT2D eigenvalue weighted by molar-refractivity contribution is 5.38. The summed E-state index contributed by atoms with van der Waals surface area (Å²) in [6, 6.07) is 6.68. The van der Waals surface area contributed by atoms with Crippen molar-refractivity contribution in [1.82, 2.24) is 15.0 Å². The van der Waals surface area contributed by atoms with Crippen LogP contribution in [0.25, 0.3) is 0 Å². The van der Waals surface area contributed by atoms with Gasteiger partial charge in [0.05, 0.1) is 12.6 Å². The van der Waals surface area contributed by atoms with Gasteiger partial charge >= 0.3 is 0 Å². The fraction of sp³-hybridized carbons (Fsp3) is 0.500.